The molecule has 0 spiro atoms. The molecule has 2 heterocycles. The van der Waals surface area contributed by atoms with E-state index in [-0.39, 0.29) is 0 Å². The van der Waals surface area contributed by atoms with E-state index < -0.39 is 0 Å². The molecular formula is C38H45N7. The maximum atomic E-state index is 5.13. The Bertz CT molecular complexity index is 1720. The zero-order chi connectivity index (χ0) is 31.8. The van der Waals surface area contributed by atoms with Crippen LogP contribution in [0.4, 0.5) is 0 Å². The highest BCUT2D eigenvalue weighted by atomic mass is 15.1. The van der Waals surface area contributed by atoms with Crippen LogP contribution >= 0.6 is 0 Å². The van der Waals surface area contributed by atoms with E-state index in [4.69, 9.17) is 9.97 Å². The van der Waals surface area contributed by atoms with Gasteiger partial charge in [0, 0.05) is 66.0 Å². The number of rotatable bonds is 13. The second-order valence-electron chi connectivity index (χ2n) is 12.2. The van der Waals surface area contributed by atoms with Crippen LogP contribution in [-0.4, -0.2) is 90.1 Å². The molecule has 0 aliphatic rings. The number of hydrogen-bond donors (Lipinski definition) is 0. The molecule has 232 valence electrons. The van der Waals surface area contributed by atoms with Gasteiger partial charge >= 0.3 is 0 Å². The number of para-hydroxylation sites is 1. The third-order valence-corrected chi connectivity index (χ3v) is 8.53. The van der Waals surface area contributed by atoms with Crippen molar-refractivity contribution in [1.82, 2.24) is 24.3 Å². The molecule has 2 aromatic heterocycles. The second-order valence-corrected chi connectivity index (χ2v) is 12.2. The van der Waals surface area contributed by atoms with Crippen LogP contribution in [0.3, 0.4) is 0 Å². The zero-order valence-corrected chi connectivity index (χ0v) is 27.4. The minimum absolute atomic E-state index is 0.506. The molecule has 5 aromatic rings. The van der Waals surface area contributed by atoms with Crippen LogP contribution in [0.15, 0.2) is 101 Å². The van der Waals surface area contributed by atoms with Gasteiger partial charge in [0.05, 0.1) is 5.69 Å². The van der Waals surface area contributed by atoms with Crippen LogP contribution in [0.5, 0.6) is 0 Å². The van der Waals surface area contributed by atoms with Gasteiger partial charge in [0.1, 0.15) is 5.65 Å². The summed E-state index contributed by atoms with van der Waals surface area (Å²) in [7, 11) is 8.43. The molecule has 45 heavy (non-hydrogen) atoms. The number of benzene rings is 3. The fourth-order valence-electron chi connectivity index (χ4n) is 4.98. The third-order valence-electron chi connectivity index (χ3n) is 8.53. The Hall–Kier alpha value is -4.46. The lowest BCUT2D eigenvalue weighted by molar-refractivity contribution is 0.302. The largest absolute Gasteiger partial charge is 0.307 e. The smallest absolute Gasteiger partial charge is 0.162 e. The molecule has 2 atom stereocenters. The molecule has 7 nitrogen and oxygen atoms in total. The second kappa shape index (κ2) is 15.0. The Kier molecular flexibility index (Phi) is 10.7. The molecule has 2 unspecified atom stereocenters. The topological polar surface area (TPSA) is 61.9 Å². The van der Waals surface area contributed by atoms with E-state index in [0.717, 1.165) is 70.6 Å². The quantitative estimate of drug-likeness (QED) is 0.134. The molecule has 0 aliphatic carbocycles. The number of hydrogen-bond acceptors (Lipinski definition) is 6. The summed E-state index contributed by atoms with van der Waals surface area (Å²) in [4.78, 5) is 24.0. The number of aliphatic imine (C=N–C) groups is 2. The van der Waals surface area contributed by atoms with E-state index in [9.17, 15) is 0 Å². The van der Waals surface area contributed by atoms with Gasteiger partial charge in [-0.05, 0) is 84.2 Å². The molecule has 0 saturated carbocycles. The van der Waals surface area contributed by atoms with Gasteiger partial charge in [-0.25, -0.2) is 9.97 Å². The minimum Gasteiger partial charge on any atom is -0.307 e. The first-order valence-corrected chi connectivity index (χ1v) is 15.8. The zero-order valence-electron chi connectivity index (χ0n) is 27.4. The lowest BCUT2D eigenvalue weighted by Crippen LogP contribution is -2.25. The van der Waals surface area contributed by atoms with Crippen molar-refractivity contribution in [3.63, 3.8) is 0 Å². The Morgan fingerprint density at radius 1 is 0.667 bits per heavy atom. The molecule has 0 bridgehead atoms. The fraction of sp³-hybridized carbons (Fsp3) is 0.316. The monoisotopic (exact) mass is 599 g/mol. The van der Waals surface area contributed by atoms with E-state index in [2.05, 4.69) is 139 Å². The summed E-state index contributed by atoms with van der Waals surface area (Å²) >= 11 is 0. The summed E-state index contributed by atoms with van der Waals surface area (Å²) in [6, 6.07) is 30.3. The molecule has 0 aliphatic heterocycles. The maximum Gasteiger partial charge on any atom is 0.162 e. The van der Waals surface area contributed by atoms with Crippen molar-refractivity contribution in [3.05, 3.63) is 102 Å². The Morgan fingerprint density at radius 2 is 1.20 bits per heavy atom. The number of fused-ring (bicyclic) bond motifs is 1. The van der Waals surface area contributed by atoms with Gasteiger partial charge in [0.25, 0.3) is 0 Å². The average Bonchev–Trinajstić information content (AvgIpc) is 3.49. The van der Waals surface area contributed by atoms with E-state index in [0.29, 0.717) is 17.9 Å². The van der Waals surface area contributed by atoms with Crippen LogP contribution in [0.1, 0.15) is 37.8 Å². The van der Waals surface area contributed by atoms with Gasteiger partial charge in [0.2, 0.25) is 0 Å². The van der Waals surface area contributed by atoms with Gasteiger partial charge in [0.15, 0.2) is 5.82 Å². The maximum absolute atomic E-state index is 5.13. The van der Waals surface area contributed by atoms with E-state index >= 15 is 0 Å². The summed E-state index contributed by atoms with van der Waals surface area (Å²) in [6.45, 7) is 6.07. The van der Waals surface area contributed by atoms with Crippen LogP contribution in [0.25, 0.3) is 39.4 Å². The molecule has 0 N–H and O–H groups in total. The van der Waals surface area contributed by atoms with Crippen molar-refractivity contribution in [1.29, 1.82) is 0 Å². The standard InChI is InChI=1S/C38H45N7/c1-28(43(3)4)20-23-39-26-30-12-16-32(17-13-30)36-35-22-25-45(34-10-8-7-9-11-34)38(35)42-37(41-36)33-18-14-31(15-19-33)27-40-24-21-29(2)44(5)6/h7-19,22,25-29H,20-21,23-24H2,1-6H3. The third kappa shape index (κ3) is 8.18. The Balaban J connectivity index is 1.43. The molecular weight excluding hydrogens is 554 g/mol. The van der Waals surface area contributed by atoms with Crippen LogP contribution in [-0.2, 0) is 0 Å². The van der Waals surface area contributed by atoms with Gasteiger partial charge in [-0.1, -0.05) is 66.7 Å². The Labute approximate surface area is 268 Å². The summed E-state index contributed by atoms with van der Waals surface area (Å²) in [5, 5.41) is 1.01. The lowest BCUT2D eigenvalue weighted by atomic mass is 10.1. The van der Waals surface area contributed by atoms with Crippen molar-refractivity contribution >= 4 is 23.5 Å². The van der Waals surface area contributed by atoms with Crippen molar-refractivity contribution in [2.75, 3.05) is 41.3 Å². The SMILES string of the molecule is CC(CCN=Cc1ccc(-c2nc(-c3ccc(C=NCCC(C)N(C)C)cc3)c3ccn(-c4ccccc4)c3n2)cc1)N(C)C. The highest BCUT2D eigenvalue weighted by Gasteiger charge is 2.16. The van der Waals surface area contributed by atoms with E-state index in [1.165, 1.54) is 0 Å². The van der Waals surface area contributed by atoms with Crippen molar-refractivity contribution < 1.29 is 0 Å². The number of aromatic nitrogens is 3. The molecule has 0 amide bonds. The van der Waals surface area contributed by atoms with E-state index in [1.807, 2.05) is 30.6 Å². The van der Waals surface area contributed by atoms with Gasteiger partial charge in [-0.2, -0.15) is 0 Å². The molecule has 5 rings (SSSR count). The van der Waals surface area contributed by atoms with Crippen LogP contribution in [0.2, 0.25) is 0 Å². The predicted molar refractivity (Wildman–Crippen MR) is 190 cm³/mol. The lowest BCUT2D eigenvalue weighted by Gasteiger charge is -2.18. The molecule has 7 heteroatoms. The van der Waals surface area contributed by atoms with Gasteiger partial charge in [-0.15, -0.1) is 0 Å². The van der Waals surface area contributed by atoms with Crippen molar-refractivity contribution in [2.45, 2.75) is 38.8 Å². The first-order valence-electron chi connectivity index (χ1n) is 15.8. The highest BCUT2D eigenvalue weighted by Crippen LogP contribution is 2.31. The summed E-state index contributed by atoms with van der Waals surface area (Å²) in [5.74, 6) is 0.692. The van der Waals surface area contributed by atoms with Crippen molar-refractivity contribution in [3.8, 4) is 28.3 Å². The van der Waals surface area contributed by atoms with E-state index in [1.54, 1.807) is 0 Å². The highest BCUT2D eigenvalue weighted by molar-refractivity contribution is 5.94. The Morgan fingerprint density at radius 3 is 1.73 bits per heavy atom. The summed E-state index contributed by atoms with van der Waals surface area (Å²) < 4.78 is 2.13. The molecule has 0 radical (unpaired) electrons. The van der Waals surface area contributed by atoms with Crippen molar-refractivity contribution in [2.24, 2.45) is 9.98 Å². The normalized spacial score (nSPS) is 13.5. The van der Waals surface area contributed by atoms with Crippen LogP contribution in [0, 0.1) is 0 Å². The van der Waals surface area contributed by atoms with Gasteiger partial charge < -0.3 is 14.4 Å². The van der Waals surface area contributed by atoms with Crippen LogP contribution < -0.4 is 0 Å². The molecule has 3 aromatic carbocycles. The predicted octanol–water partition coefficient (Wildman–Crippen LogP) is 7.27. The summed E-state index contributed by atoms with van der Waals surface area (Å²) in [6.07, 6.45) is 8.06. The first kappa shape index (κ1) is 31.9. The average molecular weight is 600 g/mol. The molecule has 0 saturated heterocycles. The van der Waals surface area contributed by atoms with Gasteiger partial charge in [-0.3, -0.25) is 9.98 Å². The number of nitrogens with zero attached hydrogens (tertiary/aromatic N) is 7. The molecule has 0 fully saturated rings. The fourth-order valence-corrected chi connectivity index (χ4v) is 4.98. The minimum atomic E-state index is 0.506. The first-order chi connectivity index (χ1) is 21.8. The summed E-state index contributed by atoms with van der Waals surface area (Å²) in [5.41, 5.74) is 7.01.